The van der Waals surface area contributed by atoms with Crippen molar-refractivity contribution in [3.05, 3.63) is 24.0 Å². The van der Waals surface area contributed by atoms with Gasteiger partial charge in [-0.25, -0.2) is 0 Å². The summed E-state index contributed by atoms with van der Waals surface area (Å²) >= 11 is 0. The van der Waals surface area contributed by atoms with Crippen LogP contribution in [0, 0.1) is 0 Å². The second-order valence-electron chi connectivity index (χ2n) is 4.45. The minimum atomic E-state index is 0.155. The zero-order chi connectivity index (χ0) is 12.7. The van der Waals surface area contributed by atoms with Gasteiger partial charge in [-0.15, -0.1) is 0 Å². The van der Waals surface area contributed by atoms with Gasteiger partial charge in [-0.2, -0.15) is 0 Å². The van der Waals surface area contributed by atoms with Crippen LogP contribution in [0.25, 0.3) is 0 Å². The maximum atomic E-state index is 11.9. The highest BCUT2D eigenvalue weighted by molar-refractivity contribution is 5.96. The number of likely N-dealkylation sites (N-methyl/N-ethyl adjacent to an activating group) is 1. The smallest absolute Gasteiger partial charge is 0.193 e. The number of rotatable bonds is 8. The minimum Gasteiger partial charge on any atom is -0.396 e. The predicted molar refractivity (Wildman–Crippen MR) is 68.2 cm³/mol. The molecule has 1 aromatic heterocycles. The molecule has 0 saturated carbocycles. The molecule has 0 unspecified atom stereocenters. The van der Waals surface area contributed by atoms with Gasteiger partial charge in [0.05, 0.1) is 12.2 Å². The van der Waals surface area contributed by atoms with E-state index in [1.54, 1.807) is 0 Å². The summed E-state index contributed by atoms with van der Waals surface area (Å²) < 4.78 is 1.85. The van der Waals surface area contributed by atoms with Crippen LogP contribution in [0.1, 0.15) is 29.8 Å². The van der Waals surface area contributed by atoms with E-state index in [9.17, 15) is 4.79 Å². The molecule has 4 heteroatoms. The minimum absolute atomic E-state index is 0.155. The van der Waals surface area contributed by atoms with Crippen molar-refractivity contribution >= 4 is 5.78 Å². The number of Topliss-reactive ketones (excluding diaryl/α,β-unsaturated/α-hetero) is 1. The largest absolute Gasteiger partial charge is 0.396 e. The Hall–Kier alpha value is -1.13. The van der Waals surface area contributed by atoms with Gasteiger partial charge in [-0.3, -0.25) is 9.69 Å². The van der Waals surface area contributed by atoms with E-state index in [2.05, 4.69) is 0 Å². The zero-order valence-electron chi connectivity index (χ0n) is 10.7. The Bertz CT molecular complexity index is 347. The summed E-state index contributed by atoms with van der Waals surface area (Å²) in [6.45, 7) is 1.61. The Balaban J connectivity index is 2.29. The van der Waals surface area contributed by atoms with Crippen molar-refractivity contribution in [2.24, 2.45) is 7.05 Å². The molecule has 0 aliphatic heterocycles. The lowest BCUT2D eigenvalue weighted by molar-refractivity contribution is 0.0937. The van der Waals surface area contributed by atoms with Crippen molar-refractivity contribution in [1.29, 1.82) is 0 Å². The Kier molecular flexibility index (Phi) is 5.94. The SMILES string of the molecule is CN(CCCCCO)CC(=O)c1cccn1C. The van der Waals surface area contributed by atoms with E-state index < -0.39 is 0 Å². The van der Waals surface area contributed by atoms with Crippen LogP contribution >= 0.6 is 0 Å². The van der Waals surface area contributed by atoms with Crippen molar-refractivity contribution in [3.63, 3.8) is 0 Å². The first kappa shape index (κ1) is 13.9. The van der Waals surface area contributed by atoms with Gasteiger partial charge in [0.2, 0.25) is 0 Å². The summed E-state index contributed by atoms with van der Waals surface area (Å²) in [5.41, 5.74) is 0.757. The average molecular weight is 238 g/mol. The third-order valence-electron chi connectivity index (χ3n) is 2.84. The zero-order valence-corrected chi connectivity index (χ0v) is 10.7. The molecule has 0 bridgehead atoms. The first-order valence-electron chi connectivity index (χ1n) is 6.09. The van der Waals surface area contributed by atoms with Crippen LogP contribution < -0.4 is 0 Å². The van der Waals surface area contributed by atoms with Crippen LogP contribution in [-0.2, 0) is 7.05 Å². The van der Waals surface area contributed by atoms with Gasteiger partial charge in [-0.1, -0.05) is 0 Å². The maximum absolute atomic E-state index is 11.9. The van der Waals surface area contributed by atoms with E-state index in [0.29, 0.717) is 6.54 Å². The number of nitrogens with zero attached hydrogens (tertiary/aromatic N) is 2. The first-order valence-corrected chi connectivity index (χ1v) is 6.09. The number of hydrogen-bond donors (Lipinski definition) is 1. The first-order chi connectivity index (χ1) is 8.15. The molecule has 17 heavy (non-hydrogen) atoms. The highest BCUT2D eigenvalue weighted by Gasteiger charge is 2.11. The van der Waals surface area contributed by atoms with Crippen LogP contribution in [0.2, 0.25) is 0 Å². The van der Waals surface area contributed by atoms with Crippen molar-refractivity contribution in [3.8, 4) is 0 Å². The van der Waals surface area contributed by atoms with Gasteiger partial charge < -0.3 is 9.67 Å². The molecule has 1 N–H and O–H groups in total. The molecule has 1 aromatic rings. The Morgan fingerprint density at radius 3 is 2.76 bits per heavy atom. The molecular formula is C13H22N2O2. The fourth-order valence-electron chi connectivity index (χ4n) is 1.83. The molecule has 1 rings (SSSR count). The molecule has 0 aromatic carbocycles. The van der Waals surface area contributed by atoms with Crippen LogP contribution in [-0.4, -0.2) is 47.1 Å². The number of hydrogen-bond acceptors (Lipinski definition) is 3. The fraction of sp³-hybridized carbons (Fsp3) is 0.615. The Morgan fingerprint density at radius 1 is 1.41 bits per heavy atom. The van der Waals surface area contributed by atoms with Gasteiger partial charge in [0.25, 0.3) is 0 Å². The topological polar surface area (TPSA) is 45.5 Å². The summed E-state index contributed by atoms with van der Waals surface area (Å²) in [6, 6.07) is 3.73. The molecule has 0 aliphatic rings. The van der Waals surface area contributed by atoms with Crippen molar-refractivity contribution in [2.75, 3.05) is 26.7 Å². The normalized spacial score (nSPS) is 11.1. The molecule has 4 nitrogen and oxygen atoms in total. The van der Waals surface area contributed by atoms with Crippen LogP contribution in [0.15, 0.2) is 18.3 Å². The Morgan fingerprint density at radius 2 is 2.18 bits per heavy atom. The van der Waals surface area contributed by atoms with E-state index in [-0.39, 0.29) is 12.4 Å². The van der Waals surface area contributed by atoms with Crippen LogP contribution in [0.5, 0.6) is 0 Å². The van der Waals surface area contributed by atoms with E-state index in [4.69, 9.17) is 5.11 Å². The molecule has 0 spiro atoms. The molecule has 0 radical (unpaired) electrons. The maximum Gasteiger partial charge on any atom is 0.193 e. The van der Waals surface area contributed by atoms with Gasteiger partial charge in [-0.05, 0) is 45.0 Å². The second-order valence-corrected chi connectivity index (χ2v) is 4.45. The number of aliphatic hydroxyl groups is 1. The van der Waals surface area contributed by atoms with Gasteiger partial charge >= 0.3 is 0 Å². The van der Waals surface area contributed by atoms with E-state index >= 15 is 0 Å². The fourth-order valence-corrected chi connectivity index (χ4v) is 1.83. The van der Waals surface area contributed by atoms with Crippen LogP contribution in [0.4, 0.5) is 0 Å². The van der Waals surface area contributed by atoms with Gasteiger partial charge in [0.1, 0.15) is 0 Å². The number of aryl methyl sites for hydroxylation is 1. The number of ketones is 1. The second kappa shape index (κ2) is 7.25. The summed E-state index contributed by atoms with van der Waals surface area (Å²) in [7, 11) is 3.84. The number of carbonyl (C=O) groups is 1. The summed E-state index contributed by atoms with van der Waals surface area (Å²) in [4.78, 5) is 14.0. The quantitative estimate of drug-likeness (QED) is 0.548. The average Bonchev–Trinajstić information content (AvgIpc) is 2.71. The lowest BCUT2D eigenvalue weighted by Gasteiger charge is -2.15. The van der Waals surface area contributed by atoms with E-state index in [0.717, 1.165) is 31.5 Å². The van der Waals surface area contributed by atoms with Gasteiger partial charge in [0, 0.05) is 19.9 Å². The van der Waals surface area contributed by atoms with E-state index in [1.807, 2.05) is 41.9 Å². The molecule has 0 fully saturated rings. The summed E-state index contributed by atoms with van der Waals surface area (Å²) in [5.74, 6) is 0.155. The standard InChI is InChI=1S/C13H22N2O2/c1-14(8-4-3-5-10-16)11-13(17)12-7-6-9-15(12)2/h6-7,9,16H,3-5,8,10-11H2,1-2H3. The number of aliphatic hydroxyl groups excluding tert-OH is 1. The molecule has 1 heterocycles. The molecule has 0 atom stereocenters. The number of unbranched alkanes of at least 4 members (excludes halogenated alkanes) is 2. The molecule has 0 saturated heterocycles. The van der Waals surface area contributed by atoms with Gasteiger partial charge in [0.15, 0.2) is 5.78 Å². The summed E-state index contributed by atoms with van der Waals surface area (Å²) in [5, 5.41) is 8.66. The highest BCUT2D eigenvalue weighted by Crippen LogP contribution is 2.03. The third-order valence-corrected chi connectivity index (χ3v) is 2.84. The van der Waals surface area contributed by atoms with Crippen molar-refractivity contribution < 1.29 is 9.90 Å². The number of aromatic nitrogens is 1. The monoisotopic (exact) mass is 238 g/mol. The molecule has 96 valence electrons. The van der Waals surface area contributed by atoms with Crippen molar-refractivity contribution in [2.45, 2.75) is 19.3 Å². The summed E-state index contributed by atoms with van der Waals surface area (Å²) in [6.07, 6.45) is 4.77. The lowest BCUT2D eigenvalue weighted by Crippen LogP contribution is -2.28. The highest BCUT2D eigenvalue weighted by atomic mass is 16.2. The van der Waals surface area contributed by atoms with E-state index in [1.165, 1.54) is 0 Å². The Labute approximate surface area is 103 Å². The third kappa shape index (κ3) is 4.71. The van der Waals surface area contributed by atoms with Crippen LogP contribution in [0.3, 0.4) is 0 Å². The molecule has 0 aliphatic carbocycles. The number of carbonyl (C=O) groups excluding carboxylic acids is 1. The molecule has 0 amide bonds. The van der Waals surface area contributed by atoms with Crippen molar-refractivity contribution in [1.82, 2.24) is 9.47 Å². The molecular weight excluding hydrogens is 216 g/mol. The lowest BCUT2D eigenvalue weighted by atomic mass is 10.2. The predicted octanol–water partition coefficient (Wildman–Crippen LogP) is 1.30.